The number of benzene rings is 2. The fourth-order valence-corrected chi connectivity index (χ4v) is 3.50. The molecule has 7 nitrogen and oxygen atoms in total. The summed E-state index contributed by atoms with van der Waals surface area (Å²) in [6.07, 6.45) is 1.70. The highest BCUT2D eigenvalue weighted by Crippen LogP contribution is 2.38. The fraction of sp³-hybridized carbons (Fsp3) is 0.105. The molecule has 0 unspecified atom stereocenters. The van der Waals surface area contributed by atoms with Crippen LogP contribution in [-0.2, 0) is 4.79 Å². The molecule has 0 bridgehead atoms. The Kier molecular flexibility index (Phi) is 4.60. The topological polar surface area (TPSA) is 88.4 Å². The number of hydrazone groups is 1. The fourth-order valence-electron chi connectivity index (χ4n) is 2.87. The Morgan fingerprint density at radius 1 is 1.29 bits per heavy atom. The molecule has 28 heavy (non-hydrogen) atoms. The quantitative estimate of drug-likeness (QED) is 0.684. The van der Waals surface area contributed by atoms with Gasteiger partial charge in [0, 0.05) is 4.47 Å². The summed E-state index contributed by atoms with van der Waals surface area (Å²) in [5.74, 6) is -0.336. The molecule has 4 rings (SSSR count). The third kappa shape index (κ3) is 3.14. The number of nitrogens with zero attached hydrogens (tertiary/aromatic N) is 2. The molecule has 2 aliphatic rings. The lowest BCUT2D eigenvalue weighted by molar-refractivity contribution is -0.114. The number of hydrogen-bond donors (Lipinski definition) is 1. The van der Waals surface area contributed by atoms with Crippen molar-refractivity contribution in [2.75, 3.05) is 11.8 Å². The summed E-state index contributed by atoms with van der Waals surface area (Å²) in [5.41, 5.74) is 1.83. The molecule has 0 aromatic heterocycles. The van der Waals surface area contributed by atoms with E-state index in [9.17, 15) is 14.7 Å². The largest absolute Gasteiger partial charge is 0.478 e. The Morgan fingerprint density at radius 3 is 2.71 bits per heavy atom. The van der Waals surface area contributed by atoms with Crippen LogP contribution in [0.15, 0.2) is 45.5 Å². The van der Waals surface area contributed by atoms with Crippen molar-refractivity contribution in [3.05, 3.63) is 56.5 Å². The number of anilines is 1. The molecule has 2 aliphatic heterocycles. The van der Waals surface area contributed by atoms with Gasteiger partial charge in [-0.2, -0.15) is 10.1 Å². The highest BCUT2D eigenvalue weighted by Gasteiger charge is 2.30. The van der Waals surface area contributed by atoms with E-state index >= 15 is 0 Å². The van der Waals surface area contributed by atoms with Crippen molar-refractivity contribution in [3.8, 4) is 11.5 Å². The van der Waals surface area contributed by atoms with Gasteiger partial charge in [-0.05, 0) is 48.9 Å². The summed E-state index contributed by atoms with van der Waals surface area (Å²) >= 11 is 9.37. The molecule has 0 spiro atoms. The molecule has 0 atom stereocenters. The second-order valence-corrected chi connectivity index (χ2v) is 7.32. The zero-order valence-corrected chi connectivity index (χ0v) is 16.7. The van der Waals surface area contributed by atoms with E-state index < -0.39 is 5.97 Å². The van der Waals surface area contributed by atoms with Crippen LogP contribution in [0.1, 0.15) is 22.8 Å². The highest BCUT2D eigenvalue weighted by atomic mass is 79.9. The maximum atomic E-state index is 12.9. The summed E-state index contributed by atoms with van der Waals surface area (Å²) in [6.45, 7) is 1.86. The molecule has 2 aromatic rings. The minimum atomic E-state index is -1.18. The van der Waals surface area contributed by atoms with Gasteiger partial charge in [0.1, 0.15) is 0 Å². The number of ether oxygens (including phenoxy) is 2. The van der Waals surface area contributed by atoms with Crippen molar-refractivity contribution in [3.63, 3.8) is 0 Å². The SMILES string of the molecule is CC1=NN(c2ccc(Cl)c(C(=O)O)c2)C(=O)C1=Cc1cc2c(cc1Br)OCO2. The lowest BCUT2D eigenvalue weighted by Crippen LogP contribution is -2.21. The van der Waals surface area contributed by atoms with E-state index in [1.54, 1.807) is 31.2 Å². The smallest absolute Gasteiger partial charge is 0.337 e. The molecule has 1 N–H and O–H groups in total. The number of carboxylic acid groups (broad SMARTS) is 1. The second kappa shape index (κ2) is 6.96. The van der Waals surface area contributed by atoms with Crippen molar-refractivity contribution in [2.24, 2.45) is 5.10 Å². The summed E-state index contributed by atoms with van der Waals surface area (Å²) in [6, 6.07) is 7.83. The molecule has 2 heterocycles. The van der Waals surface area contributed by atoms with Crippen molar-refractivity contribution >= 4 is 56.9 Å². The molecule has 2 aromatic carbocycles. The zero-order chi connectivity index (χ0) is 20.0. The van der Waals surface area contributed by atoms with Crippen LogP contribution in [0.5, 0.6) is 11.5 Å². The number of amides is 1. The molecule has 0 aliphatic carbocycles. The molecule has 1 amide bonds. The van der Waals surface area contributed by atoms with E-state index in [0.29, 0.717) is 28.5 Å². The third-order valence-electron chi connectivity index (χ3n) is 4.28. The van der Waals surface area contributed by atoms with E-state index in [-0.39, 0.29) is 23.3 Å². The summed E-state index contributed by atoms with van der Waals surface area (Å²) in [5, 5.41) is 14.8. The number of rotatable bonds is 3. The van der Waals surface area contributed by atoms with Gasteiger partial charge in [-0.1, -0.05) is 27.5 Å². The molecule has 9 heteroatoms. The maximum absolute atomic E-state index is 12.9. The van der Waals surface area contributed by atoms with Crippen molar-refractivity contribution in [1.82, 2.24) is 0 Å². The number of carboxylic acids is 1. The van der Waals surface area contributed by atoms with Gasteiger partial charge in [0.15, 0.2) is 11.5 Å². The first-order valence-corrected chi connectivity index (χ1v) is 9.26. The monoisotopic (exact) mass is 462 g/mol. The molecule has 142 valence electrons. The van der Waals surface area contributed by atoms with Crippen molar-refractivity contribution in [2.45, 2.75) is 6.92 Å². The van der Waals surface area contributed by atoms with Gasteiger partial charge in [0.05, 0.1) is 27.6 Å². The predicted octanol–water partition coefficient (Wildman–Crippen LogP) is 4.34. The molecular formula is C19H12BrClN2O5. The minimum Gasteiger partial charge on any atom is -0.478 e. The molecule has 0 saturated heterocycles. The van der Waals surface area contributed by atoms with Crippen LogP contribution in [0, 0.1) is 0 Å². The Labute approximate surface area is 172 Å². The standard InChI is InChI=1S/C19H12BrClN2O5/c1-9-12(4-10-5-16-17(7-14(10)20)28-8-27-16)18(24)23(22-9)11-2-3-15(21)13(6-11)19(25)26/h2-7H,8H2,1H3,(H,25,26). The van der Waals surface area contributed by atoms with Gasteiger partial charge in [-0.15, -0.1) is 0 Å². The Bertz CT molecular complexity index is 1100. The molecule has 0 radical (unpaired) electrons. The minimum absolute atomic E-state index is 0.0867. The summed E-state index contributed by atoms with van der Waals surface area (Å²) in [7, 11) is 0. The summed E-state index contributed by atoms with van der Waals surface area (Å²) in [4.78, 5) is 24.2. The number of carbonyl (C=O) groups excluding carboxylic acids is 1. The van der Waals surface area contributed by atoms with Crippen molar-refractivity contribution < 1.29 is 24.2 Å². The van der Waals surface area contributed by atoms with E-state index in [2.05, 4.69) is 21.0 Å². The van der Waals surface area contributed by atoms with Crippen molar-refractivity contribution in [1.29, 1.82) is 0 Å². The van der Waals surface area contributed by atoms with Crippen LogP contribution in [-0.4, -0.2) is 29.5 Å². The molecular weight excluding hydrogens is 452 g/mol. The van der Waals surface area contributed by atoms with Gasteiger partial charge in [-0.3, -0.25) is 4.79 Å². The summed E-state index contributed by atoms with van der Waals surface area (Å²) < 4.78 is 11.5. The predicted molar refractivity (Wildman–Crippen MR) is 107 cm³/mol. The average Bonchev–Trinajstić information content (AvgIpc) is 3.21. The number of fused-ring (bicyclic) bond motifs is 1. The van der Waals surface area contributed by atoms with Crippen LogP contribution >= 0.6 is 27.5 Å². The first-order chi connectivity index (χ1) is 13.3. The lowest BCUT2D eigenvalue weighted by atomic mass is 10.1. The third-order valence-corrected chi connectivity index (χ3v) is 5.30. The molecule has 0 fully saturated rings. The number of carbonyl (C=O) groups is 2. The van der Waals surface area contributed by atoms with Gasteiger partial charge < -0.3 is 14.6 Å². The van der Waals surface area contributed by atoms with Crippen LogP contribution in [0.25, 0.3) is 6.08 Å². The van der Waals surface area contributed by atoms with Crippen LogP contribution < -0.4 is 14.5 Å². The van der Waals surface area contributed by atoms with Gasteiger partial charge >= 0.3 is 5.97 Å². The normalized spacial score (nSPS) is 16.7. The Balaban J connectivity index is 1.71. The van der Waals surface area contributed by atoms with Gasteiger partial charge in [0.2, 0.25) is 6.79 Å². The van der Waals surface area contributed by atoms with E-state index in [1.807, 2.05) is 0 Å². The Morgan fingerprint density at radius 2 is 2.00 bits per heavy atom. The van der Waals surface area contributed by atoms with Crippen LogP contribution in [0.4, 0.5) is 5.69 Å². The van der Waals surface area contributed by atoms with Gasteiger partial charge in [-0.25, -0.2) is 4.79 Å². The second-order valence-electron chi connectivity index (χ2n) is 6.06. The Hall–Kier alpha value is -2.84. The molecule has 0 saturated carbocycles. The van der Waals surface area contributed by atoms with E-state index in [0.717, 1.165) is 15.0 Å². The number of halogens is 2. The maximum Gasteiger partial charge on any atom is 0.337 e. The first-order valence-electron chi connectivity index (χ1n) is 8.09. The number of hydrogen-bond acceptors (Lipinski definition) is 5. The van der Waals surface area contributed by atoms with Crippen LogP contribution in [0.2, 0.25) is 5.02 Å². The van der Waals surface area contributed by atoms with E-state index in [1.165, 1.54) is 12.1 Å². The lowest BCUT2D eigenvalue weighted by Gasteiger charge is -2.13. The van der Waals surface area contributed by atoms with Crippen LogP contribution in [0.3, 0.4) is 0 Å². The van der Waals surface area contributed by atoms with E-state index in [4.69, 9.17) is 21.1 Å². The van der Waals surface area contributed by atoms with Gasteiger partial charge in [0.25, 0.3) is 5.91 Å². The number of aromatic carboxylic acids is 1. The average molecular weight is 464 g/mol. The zero-order valence-electron chi connectivity index (χ0n) is 14.4. The first kappa shape index (κ1) is 18.5. The highest BCUT2D eigenvalue weighted by molar-refractivity contribution is 9.10.